The van der Waals surface area contributed by atoms with Crippen LogP contribution in [0.15, 0.2) is 267 Å². The van der Waals surface area contributed by atoms with Crippen LogP contribution in [0.25, 0.3) is 47.6 Å². The number of carbonyl (C=O) groups is 3. The van der Waals surface area contributed by atoms with E-state index in [1.165, 1.54) is 16.0 Å². The van der Waals surface area contributed by atoms with E-state index >= 15 is 0 Å². The second-order valence-corrected chi connectivity index (χ2v) is 23.6. The van der Waals surface area contributed by atoms with E-state index in [0.717, 1.165) is 44.6 Å². The fourth-order valence-corrected chi connectivity index (χ4v) is 12.3. The number of nitrogens with two attached hydrogens (primary N) is 2. The molecule has 9 heteroatoms. The van der Waals surface area contributed by atoms with Crippen molar-refractivity contribution in [3.05, 3.63) is 300 Å². The van der Waals surface area contributed by atoms with E-state index in [1.807, 2.05) is 237 Å². The van der Waals surface area contributed by atoms with Gasteiger partial charge in [0.05, 0.1) is 5.69 Å². The Labute approximate surface area is 504 Å². The average Bonchev–Trinajstić information content (AvgIpc) is 3.47. The zero-order valence-corrected chi connectivity index (χ0v) is 50.3. The smallest absolute Gasteiger partial charge is 0.178 e. The number of para-hydroxylation sites is 1. The molecule has 6 nitrogen and oxygen atoms in total. The van der Waals surface area contributed by atoms with Crippen LogP contribution < -0.4 is 22.1 Å². The van der Waals surface area contributed by atoms with E-state index in [-0.39, 0.29) is 68.5 Å². The molecule has 0 heterocycles. The summed E-state index contributed by atoms with van der Waals surface area (Å²) in [4.78, 5) is 34.8. The van der Waals surface area contributed by atoms with E-state index < -0.39 is 7.92 Å². The van der Waals surface area contributed by atoms with Gasteiger partial charge in [0.15, 0.2) is 17.3 Å². The summed E-state index contributed by atoms with van der Waals surface area (Å²) >= 11 is 0. The summed E-state index contributed by atoms with van der Waals surface area (Å²) in [5, 5.41) is 3.01. The number of hydrogen-bond donors (Lipinski definition) is 2. The first kappa shape index (κ1) is 67.0. The van der Waals surface area contributed by atoms with Crippen molar-refractivity contribution in [3.63, 3.8) is 0 Å². The number of hydrogen-bond acceptors (Lipinski definition) is 6. The number of hydrazine groups is 2. The molecular formula is C71H72N3O3PPd2. The second kappa shape index (κ2) is 36.0. The second-order valence-electron chi connectivity index (χ2n) is 19.8. The molecule has 4 N–H and O–H groups in total. The Kier molecular flexibility index (Phi) is 30.2. The summed E-state index contributed by atoms with van der Waals surface area (Å²) in [5.41, 5.74) is 9.31. The Morgan fingerprint density at radius 1 is 0.325 bits per heavy atom. The first-order valence-electron chi connectivity index (χ1n) is 25.9. The van der Waals surface area contributed by atoms with Gasteiger partial charge >= 0.3 is 0 Å². The van der Waals surface area contributed by atoms with Crippen molar-refractivity contribution >= 4 is 72.7 Å². The van der Waals surface area contributed by atoms with Crippen molar-refractivity contribution in [2.75, 3.05) is 5.12 Å². The molecule has 0 aliphatic rings. The van der Waals surface area contributed by atoms with Gasteiger partial charge < -0.3 is 0 Å². The first-order chi connectivity index (χ1) is 37.6. The zero-order chi connectivity index (χ0) is 56.0. The number of allylic oxidation sites excluding steroid dienone is 6. The number of rotatable bonds is 15. The van der Waals surface area contributed by atoms with E-state index in [1.54, 1.807) is 36.5 Å². The van der Waals surface area contributed by atoms with Crippen LogP contribution in [0.3, 0.4) is 0 Å². The molecule has 0 bridgehead atoms. The van der Waals surface area contributed by atoms with E-state index in [4.69, 9.17) is 11.7 Å². The van der Waals surface area contributed by atoms with Crippen LogP contribution in [-0.4, -0.2) is 27.7 Å². The predicted molar refractivity (Wildman–Crippen MR) is 337 cm³/mol. The largest absolute Gasteiger partial charge is 0.290 e. The standard InChI is InChI=1S/C20H30N3P.3C17H14O.2Pd/c1-19(2,3)24(20(4,5)6)18-14-10-8-12-16(18)15-11-7-9-13-17(15)23(21)22;3*18-17(13-11-15-7-3-1-4-8-15)14-12-16-9-5-2-6-10-16;;/h7-14H,21-22H2,1-6H3;3*1-14H;;/b;3*13-11+,14-12+;;. The molecule has 414 valence electrons. The van der Waals surface area contributed by atoms with Gasteiger partial charge in [-0.15, -0.1) is 0 Å². The van der Waals surface area contributed by atoms with Gasteiger partial charge in [0.2, 0.25) is 0 Å². The Morgan fingerprint density at radius 3 is 0.775 bits per heavy atom. The third-order valence-corrected chi connectivity index (χ3v) is 15.0. The van der Waals surface area contributed by atoms with Gasteiger partial charge in [-0.3, -0.25) is 14.4 Å². The SMILES string of the molecule is CC(C)(C)P(c1ccccc1-c1ccccc1N(N)N)C(C)(C)C.O=C(/C=C/c1ccccc1)/C=C/c1ccccc1.O=C(/C=C/c1ccccc1)/C=C/c1ccccc1.O=C(/C=C/c1ccccc1)/C=C/c1ccccc1.[Pd].[Pd]. The number of nitrogens with zero attached hydrogens (tertiary/aromatic N) is 1. The maximum Gasteiger partial charge on any atom is 0.178 e. The van der Waals surface area contributed by atoms with Gasteiger partial charge in [0.1, 0.15) is 0 Å². The molecule has 0 aliphatic carbocycles. The number of carbonyl (C=O) groups excluding carboxylic acids is 3. The monoisotopic (exact) mass is 1260 g/mol. The Hall–Kier alpha value is -7.32. The van der Waals surface area contributed by atoms with E-state index in [2.05, 4.69) is 71.9 Å². The molecule has 80 heavy (non-hydrogen) atoms. The fraction of sp³-hybridized carbons (Fsp3) is 0.113. The molecule has 8 rings (SSSR count). The molecule has 0 aliphatic heterocycles. The van der Waals surface area contributed by atoms with Crippen molar-refractivity contribution in [2.24, 2.45) is 11.7 Å². The quantitative estimate of drug-likeness (QED) is 0.0348. The maximum atomic E-state index is 11.6. The summed E-state index contributed by atoms with van der Waals surface area (Å²) in [5.74, 6) is 11.7. The van der Waals surface area contributed by atoms with Crippen molar-refractivity contribution in [3.8, 4) is 11.1 Å². The third-order valence-electron chi connectivity index (χ3n) is 11.4. The van der Waals surface area contributed by atoms with Crippen LogP contribution >= 0.6 is 7.92 Å². The Bertz CT molecular complexity index is 2830. The molecule has 0 aromatic heterocycles. The molecule has 0 amide bonds. The third kappa shape index (κ3) is 25.2. The zero-order valence-electron chi connectivity index (χ0n) is 46.3. The summed E-state index contributed by atoms with van der Waals surface area (Å²) in [6, 6.07) is 75.4. The summed E-state index contributed by atoms with van der Waals surface area (Å²) in [6.07, 6.45) is 20.4. The Morgan fingerprint density at radius 2 is 0.537 bits per heavy atom. The van der Waals surface area contributed by atoms with Gasteiger partial charge in [-0.05, 0) is 97.1 Å². The van der Waals surface area contributed by atoms with Crippen LogP contribution in [0, 0.1) is 0 Å². The maximum absolute atomic E-state index is 11.6. The van der Waals surface area contributed by atoms with Crippen molar-refractivity contribution in [2.45, 2.75) is 51.9 Å². The van der Waals surface area contributed by atoms with E-state index in [9.17, 15) is 14.4 Å². The Balaban J connectivity index is 0.000000280. The van der Waals surface area contributed by atoms with Crippen LogP contribution in [0.2, 0.25) is 0 Å². The van der Waals surface area contributed by atoms with Gasteiger partial charge in [-0.2, -0.15) is 0 Å². The van der Waals surface area contributed by atoms with Gasteiger partial charge in [0.25, 0.3) is 0 Å². The minimum absolute atomic E-state index is 0. The molecule has 8 aromatic rings. The van der Waals surface area contributed by atoms with Gasteiger partial charge in [-0.25, -0.2) is 16.8 Å². The minimum Gasteiger partial charge on any atom is -0.290 e. The summed E-state index contributed by atoms with van der Waals surface area (Å²) < 4.78 is 0. The van der Waals surface area contributed by atoms with Crippen LogP contribution in [-0.2, 0) is 55.2 Å². The minimum atomic E-state index is -0.414. The molecule has 0 saturated heterocycles. The molecule has 0 unspecified atom stereocenters. The number of ketones is 3. The molecule has 8 aromatic carbocycles. The first-order valence-corrected chi connectivity index (χ1v) is 27.2. The molecular weight excluding hydrogens is 1190 g/mol. The molecule has 0 radical (unpaired) electrons. The summed E-state index contributed by atoms with van der Waals surface area (Å²) in [7, 11) is -0.414. The van der Waals surface area contributed by atoms with Gasteiger partial charge in [0, 0.05) is 46.4 Å². The normalized spacial score (nSPS) is 11.3. The van der Waals surface area contributed by atoms with Gasteiger partial charge in [-0.1, -0.05) is 310 Å². The number of benzene rings is 8. The van der Waals surface area contributed by atoms with E-state index in [0.29, 0.717) is 0 Å². The fourth-order valence-electron chi connectivity index (χ4n) is 8.17. The van der Waals surface area contributed by atoms with Crippen LogP contribution in [0.5, 0.6) is 0 Å². The molecule has 0 fully saturated rings. The van der Waals surface area contributed by atoms with Crippen LogP contribution in [0.4, 0.5) is 5.69 Å². The van der Waals surface area contributed by atoms with Crippen LogP contribution in [0.1, 0.15) is 74.9 Å². The molecule has 0 atom stereocenters. The molecule has 0 spiro atoms. The van der Waals surface area contributed by atoms with Crippen molar-refractivity contribution in [1.82, 2.24) is 0 Å². The molecule has 0 saturated carbocycles. The predicted octanol–water partition coefficient (Wildman–Crippen LogP) is 16.6. The topological polar surface area (TPSA) is 106 Å². The average molecular weight is 1260 g/mol. The summed E-state index contributed by atoms with van der Waals surface area (Å²) in [6.45, 7) is 14.0. The van der Waals surface area contributed by atoms with Crippen molar-refractivity contribution in [1.29, 1.82) is 0 Å². The van der Waals surface area contributed by atoms with Crippen molar-refractivity contribution < 1.29 is 55.2 Å². The number of anilines is 1.